The molecule has 194 valence electrons. The topological polar surface area (TPSA) is 73.3 Å². The number of carboxylic acid groups (broad SMARTS) is 1. The Bertz CT molecular complexity index is 1010. The van der Waals surface area contributed by atoms with E-state index in [-0.39, 0.29) is 30.0 Å². The number of hydrogen-bond donors (Lipinski definition) is 1. The van der Waals surface area contributed by atoms with Crippen LogP contribution in [0.15, 0.2) is 48.5 Å². The molecule has 2 aromatic carbocycles. The number of piperidine rings is 1. The Balaban J connectivity index is 1.30. The number of ether oxygens (including phenoxy) is 1. The van der Waals surface area contributed by atoms with Crippen LogP contribution >= 0.6 is 0 Å². The highest BCUT2D eigenvalue weighted by Gasteiger charge is 2.33. The van der Waals surface area contributed by atoms with Crippen molar-refractivity contribution in [3.63, 3.8) is 0 Å². The van der Waals surface area contributed by atoms with Gasteiger partial charge in [0.1, 0.15) is 11.6 Å². The Hall–Kier alpha value is -3.13. The van der Waals surface area contributed by atoms with Crippen LogP contribution in [0.5, 0.6) is 5.75 Å². The van der Waals surface area contributed by atoms with Gasteiger partial charge in [-0.05, 0) is 73.2 Å². The Kier molecular flexibility index (Phi) is 8.80. The van der Waals surface area contributed by atoms with Gasteiger partial charge in [0.05, 0.1) is 13.5 Å². The molecule has 0 bridgehead atoms. The Labute approximate surface area is 212 Å². The largest absolute Gasteiger partial charge is 0.497 e. The molecule has 36 heavy (non-hydrogen) atoms. The zero-order chi connectivity index (χ0) is 25.5. The summed E-state index contributed by atoms with van der Waals surface area (Å²) < 4.78 is 18.4. The number of carbonyl (C=O) groups is 2. The van der Waals surface area contributed by atoms with Crippen LogP contribution in [-0.4, -0.2) is 79.7 Å². The predicted octanol–water partition coefficient (Wildman–Crippen LogP) is 3.53. The lowest BCUT2D eigenvalue weighted by molar-refractivity contribution is -0.139. The summed E-state index contributed by atoms with van der Waals surface area (Å²) in [6, 6.07) is 14.2. The maximum atomic E-state index is 13.2. The molecule has 1 amide bonds. The molecular formula is C28H36FN3O4. The standard InChI is InChI=1S/C28H36FN3O4/c1-36-26-8-2-21(3-9-26)18-27(33)32-13-11-22(19-28(34)35)23(20-32)10-12-30-14-16-31(17-15-30)25-6-4-24(29)5-7-25/h2-9,22-23H,10-20H2,1H3,(H,34,35). The molecule has 2 atom stereocenters. The van der Waals surface area contributed by atoms with Gasteiger partial charge in [-0.1, -0.05) is 12.1 Å². The number of benzene rings is 2. The fourth-order valence-electron chi connectivity index (χ4n) is 5.39. The van der Waals surface area contributed by atoms with E-state index in [2.05, 4.69) is 9.80 Å². The predicted molar refractivity (Wildman–Crippen MR) is 137 cm³/mol. The summed E-state index contributed by atoms with van der Waals surface area (Å²) >= 11 is 0. The minimum atomic E-state index is -0.768. The minimum absolute atomic E-state index is 0.0897. The number of carboxylic acids is 1. The fraction of sp³-hybridized carbons (Fsp3) is 0.500. The van der Waals surface area contributed by atoms with Crippen molar-refractivity contribution in [1.29, 1.82) is 0 Å². The van der Waals surface area contributed by atoms with E-state index < -0.39 is 5.97 Å². The van der Waals surface area contributed by atoms with E-state index in [1.807, 2.05) is 41.3 Å². The van der Waals surface area contributed by atoms with Gasteiger partial charge in [0.25, 0.3) is 0 Å². The Morgan fingerprint density at radius 2 is 1.67 bits per heavy atom. The first kappa shape index (κ1) is 25.9. The van der Waals surface area contributed by atoms with E-state index >= 15 is 0 Å². The lowest BCUT2D eigenvalue weighted by Gasteiger charge is -2.40. The second-order valence-electron chi connectivity index (χ2n) is 9.87. The number of hydrogen-bond acceptors (Lipinski definition) is 5. The molecule has 2 aromatic rings. The highest BCUT2D eigenvalue weighted by molar-refractivity contribution is 5.79. The Morgan fingerprint density at radius 3 is 2.31 bits per heavy atom. The molecule has 0 saturated carbocycles. The van der Waals surface area contributed by atoms with Gasteiger partial charge in [-0.2, -0.15) is 0 Å². The van der Waals surface area contributed by atoms with E-state index in [1.54, 1.807) is 7.11 Å². The van der Waals surface area contributed by atoms with Crippen LogP contribution in [0.3, 0.4) is 0 Å². The number of amides is 1. The summed E-state index contributed by atoms with van der Waals surface area (Å²) in [5.74, 6) is 0.122. The second-order valence-corrected chi connectivity index (χ2v) is 9.87. The monoisotopic (exact) mass is 497 g/mol. The van der Waals surface area contributed by atoms with Gasteiger partial charge in [-0.3, -0.25) is 14.5 Å². The van der Waals surface area contributed by atoms with Gasteiger partial charge >= 0.3 is 5.97 Å². The third kappa shape index (κ3) is 6.97. The third-order valence-electron chi connectivity index (χ3n) is 7.58. The maximum Gasteiger partial charge on any atom is 0.303 e. The number of rotatable bonds is 9. The molecule has 8 heteroatoms. The lowest BCUT2D eigenvalue weighted by Crippen LogP contribution is -2.49. The van der Waals surface area contributed by atoms with Crippen LogP contribution in [0.1, 0.15) is 24.8 Å². The van der Waals surface area contributed by atoms with Crippen molar-refractivity contribution in [2.24, 2.45) is 11.8 Å². The van der Waals surface area contributed by atoms with Crippen LogP contribution in [0, 0.1) is 17.7 Å². The van der Waals surface area contributed by atoms with E-state index in [0.717, 1.165) is 62.6 Å². The number of nitrogens with zero attached hydrogens (tertiary/aromatic N) is 3. The van der Waals surface area contributed by atoms with Crippen molar-refractivity contribution < 1.29 is 23.8 Å². The fourth-order valence-corrected chi connectivity index (χ4v) is 5.39. The molecule has 2 aliphatic heterocycles. The van der Waals surface area contributed by atoms with Crippen molar-refractivity contribution >= 4 is 17.6 Å². The second kappa shape index (κ2) is 12.2. The number of anilines is 1. The van der Waals surface area contributed by atoms with Crippen LogP contribution in [0.2, 0.25) is 0 Å². The molecule has 2 unspecified atom stereocenters. The summed E-state index contributed by atoms with van der Waals surface area (Å²) in [7, 11) is 1.62. The van der Waals surface area contributed by atoms with Crippen LogP contribution in [0.4, 0.5) is 10.1 Å². The number of carbonyl (C=O) groups excluding carboxylic acids is 1. The SMILES string of the molecule is COc1ccc(CC(=O)N2CCC(CC(=O)O)C(CCN3CCN(c4ccc(F)cc4)CC3)C2)cc1. The van der Waals surface area contributed by atoms with Gasteiger partial charge in [-0.15, -0.1) is 0 Å². The van der Waals surface area contributed by atoms with Gasteiger partial charge in [0.2, 0.25) is 5.91 Å². The molecule has 0 radical (unpaired) electrons. The van der Waals surface area contributed by atoms with Crippen molar-refractivity contribution in [1.82, 2.24) is 9.80 Å². The molecular weight excluding hydrogens is 461 g/mol. The first-order valence-electron chi connectivity index (χ1n) is 12.8. The van der Waals surface area contributed by atoms with Crippen LogP contribution in [0.25, 0.3) is 0 Å². The van der Waals surface area contributed by atoms with E-state index in [4.69, 9.17) is 4.74 Å². The smallest absolute Gasteiger partial charge is 0.303 e. The van der Waals surface area contributed by atoms with E-state index in [1.165, 1.54) is 12.1 Å². The van der Waals surface area contributed by atoms with Gasteiger partial charge in [-0.25, -0.2) is 4.39 Å². The van der Waals surface area contributed by atoms with Gasteiger partial charge < -0.3 is 19.6 Å². The lowest BCUT2D eigenvalue weighted by atomic mass is 9.81. The number of likely N-dealkylation sites (tertiary alicyclic amines) is 1. The molecule has 0 spiro atoms. The van der Waals surface area contributed by atoms with Crippen molar-refractivity contribution in [3.05, 3.63) is 59.9 Å². The third-order valence-corrected chi connectivity index (χ3v) is 7.58. The van der Waals surface area contributed by atoms with Crippen molar-refractivity contribution in [2.75, 3.05) is 57.8 Å². The molecule has 2 aliphatic rings. The number of aliphatic carboxylic acids is 1. The molecule has 4 rings (SSSR count). The Morgan fingerprint density at radius 1 is 0.972 bits per heavy atom. The molecule has 1 N–H and O–H groups in total. The first-order chi connectivity index (χ1) is 17.4. The van der Waals surface area contributed by atoms with Crippen LogP contribution in [-0.2, 0) is 16.0 Å². The summed E-state index contributed by atoms with van der Waals surface area (Å²) in [5, 5.41) is 9.44. The molecule has 0 aliphatic carbocycles. The average molecular weight is 498 g/mol. The van der Waals surface area contributed by atoms with Crippen molar-refractivity contribution in [3.8, 4) is 5.75 Å². The highest BCUT2D eigenvalue weighted by Crippen LogP contribution is 2.30. The van der Waals surface area contributed by atoms with E-state index in [0.29, 0.717) is 19.5 Å². The molecule has 2 saturated heterocycles. The first-order valence-corrected chi connectivity index (χ1v) is 12.8. The summed E-state index contributed by atoms with van der Waals surface area (Å²) in [6.07, 6.45) is 2.10. The van der Waals surface area contributed by atoms with Crippen molar-refractivity contribution in [2.45, 2.75) is 25.7 Å². The quantitative estimate of drug-likeness (QED) is 0.572. The highest BCUT2D eigenvalue weighted by atomic mass is 19.1. The van der Waals surface area contributed by atoms with Crippen LogP contribution < -0.4 is 9.64 Å². The maximum absolute atomic E-state index is 13.2. The van der Waals surface area contributed by atoms with E-state index in [9.17, 15) is 19.1 Å². The zero-order valence-corrected chi connectivity index (χ0v) is 20.9. The summed E-state index contributed by atoms with van der Waals surface area (Å²) in [5.41, 5.74) is 1.99. The number of piperazine rings is 1. The van der Waals surface area contributed by atoms with Gasteiger partial charge in [0, 0.05) is 51.4 Å². The zero-order valence-electron chi connectivity index (χ0n) is 20.9. The summed E-state index contributed by atoms with van der Waals surface area (Å²) in [4.78, 5) is 31.1. The van der Waals surface area contributed by atoms with Gasteiger partial charge in [0.15, 0.2) is 0 Å². The summed E-state index contributed by atoms with van der Waals surface area (Å²) in [6.45, 7) is 5.69. The number of methoxy groups -OCH3 is 1. The molecule has 2 fully saturated rings. The molecule has 0 aromatic heterocycles. The number of halogens is 1. The molecule has 2 heterocycles. The minimum Gasteiger partial charge on any atom is -0.497 e. The molecule has 7 nitrogen and oxygen atoms in total. The normalized spacial score (nSPS) is 20.8. The average Bonchev–Trinajstić information content (AvgIpc) is 2.89.